The molecular formula is C21H21ClN2O7. The van der Waals surface area contributed by atoms with E-state index >= 15 is 0 Å². The molecule has 0 saturated carbocycles. The highest BCUT2D eigenvalue weighted by molar-refractivity contribution is 6.17. The van der Waals surface area contributed by atoms with Crippen molar-refractivity contribution < 1.29 is 29.1 Å². The highest BCUT2D eigenvalue weighted by atomic mass is 35.5. The van der Waals surface area contributed by atoms with Crippen molar-refractivity contribution in [1.29, 1.82) is 0 Å². The molecule has 1 N–H and O–H groups in total. The average Bonchev–Trinajstić information content (AvgIpc) is 2.77. The first-order valence-corrected chi connectivity index (χ1v) is 9.97. The van der Waals surface area contributed by atoms with Crippen LogP contribution in [0.1, 0.15) is 39.9 Å². The van der Waals surface area contributed by atoms with E-state index in [2.05, 4.69) is 0 Å². The minimum Gasteiger partial charge on any atom is -0.493 e. The van der Waals surface area contributed by atoms with Gasteiger partial charge in [-0.1, -0.05) is 12.1 Å². The second kappa shape index (κ2) is 9.22. The Labute approximate surface area is 183 Å². The topological polar surface area (TPSA) is 119 Å². The predicted octanol–water partition coefficient (Wildman–Crippen LogP) is 3.61. The molecule has 2 aromatic carbocycles. The summed E-state index contributed by atoms with van der Waals surface area (Å²) in [6, 6.07) is 7.65. The number of fused-ring (bicyclic) bond motifs is 1. The van der Waals surface area contributed by atoms with Crippen LogP contribution < -0.4 is 9.47 Å². The molecule has 3 rings (SSSR count). The number of nitrogens with zero attached hydrogens (tertiary/aromatic N) is 2. The summed E-state index contributed by atoms with van der Waals surface area (Å²) in [7, 11) is 2.85. The molecule has 1 aliphatic rings. The van der Waals surface area contributed by atoms with Crippen molar-refractivity contribution in [1.82, 2.24) is 4.90 Å². The van der Waals surface area contributed by atoms with Gasteiger partial charge in [0.05, 0.1) is 25.2 Å². The molecule has 10 heteroatoms. The average molecular weight is 449 g/mol. The minimum absolute atomic E-state index is 0.128. The number of carboxylic acids is 1. The van der Waals surface area contributed by atoms with Gasteiger partial charge in [-0.25, -0.2) is 0 Å². The number of carbonyl (C=O) groups excluding carboxylic acids is 1. The lowest BCUT2D eigenvalue weighted by atomic mass is 9.79. The molecule has 0 fully saturated rings. The number of rotatable bonds is 8. The normalized spacial score (nSPS) is 17.8. The zero-order valence-corrected chi connectivity index (χ0v) is 17.7. The summed E-state index contributed by atoms with van der Waals surface area (Å²) in [5.74, 6) is -1.74. The highest BCUT2D eigenvalue weighted by Gasteiger charge is 2.45. The Morgan fingerprint density at radius 1 is 1.19 bits per heavy atom. The maximum Gasteiger partial charge on any atom is 0.313 e. The third kappa shape index (κ3) is 4.13. The van der Waals surface area contributed by atoms with E-state index in [0.29, 0.717) is 29.0 Å². The number of nitro benzene ring substituents is 1. The van der Waals surface area contributed by atoms with Crippen molar-refractivity contribution in [2.24, 2.45) is 0 Å². The highest BCUT2D eigenvalue weighted by Crippen LogP contribution is 2.46. The first-order chi connectivity index (χ1) is 14.8. The molecule has 0 aliphatic carbocycles. The number of methoxy groups -OCH3 is 2. The molecule has 2 aromatic rings. The largest absolute Gasteiger partial charge is 0.493 e. The van der Waals surface area contributed by atoms with Crippen LogP contribution >= 0.6 is 11.6 Å². The molecule has 0 saturated heterocycles. The van der Waals surface area contributed by atoms with E-state index in [0.717, 1.165) is 0 Å². The first kappa shape index (κ1) is 22.4. The van der Waals surface area contributed by atoms with Crippen molar-refractivity contribution in [3.63, 3.8) is 0 Å². The monoisotopic (exact) mass is 448 g/mol. The van der Waals surface area contributed by atoms with Crippen LogP contribution in [0.3, 0.4) is 0 Å². The quantitative estimate of drug-likeness (QED) is 0.372. The maximum absolute atomic E-state index is 13.4. The smallest absolute Gasteiger partial charge is 0.313 e. The fourth-order valence-electron chi connectivity index (χ4n) is 3.87. The van der Waals surface area contributed by atoms with E-state index in [4.69, 9.17) is 21.1 Å². The van der Waals surface area contributed by atoms with Crippen LogP contribution in [0.15, 0.2) is 36.4 Å². The van der Waals surface area contributed by atoms with Crippen LogP contribution in [-0.4, -0.2) is 53.5 Å². The zero-order chi connectivity index (χ0) is 22.7. The fraction of sp³-hybridized carbons (Fsp3) is 0.333. The number of non-ortho nitro benzene ring substituents is 1. The Kier molecular flexibility index (Phi) is 6.65. The molecule has 9 nitrogen and oxygen atoms in total. The summed E-state index contributed by atoms with van der Waals surface area (Å²) in [5.41, 5.74) is 0.844. The lowest BCUT2D eigenvalue weighted by Crippen LogP contribution is -2.45. The van der Waals surface area contributed by atoms with Crippen LogP contribution in [0.4, 0.5) is 5.69 Å². The van der Waals surface area contributed by atoms with Gasteiger partial charge in [0.1, 0.15) is 5.92 Å². The molecular weight excluding hydrogens is 428 g/mol. The van der Waals surface area contributed by atoms with E-state index in [9.17, 15) is 24.8 Å². The molecule has 2 atom stereocenters. The molecule has 164 valence electrons. The summed E-state index contributed by atoms with van der Waals surface area (Å²) in [6.07, 6.45) is 0.450. The second-order valence-corrected chi connectivity index (χ2v) is 7.32. The predicted molar refractivity (Wildman–Crippen MR) is 112 cm³/mol. The summed E-state index contributed by atoms with van der Waals surface area (Å²) >= 11 is 5.84. The van der Waals surface area contributed by atoms with Crippen LogP contribution in [0.25, 0.3) is 0 Å². The van der Waals surface area contributed by atoms with Crippen molar-refractivity contribution >= 4 is 29.2 Å². The maximum atomic E-state index is 13.4. The molecule has 1 heterocycles. The number of carboxylic acid groups (broad SMARTS) is 1. The molecule has 31 heavy (non-hydrogen) atoms. The van der Waals surface area contributed by atoms with E-state index in [1.54, 1.807) is 0 Å². The van der Waals surface area contributed by atoms with E-state index in [1.165, 1.54) is 55.5 Å². The number of carbonyl (C=O) groups is 2. The number of hydrogen-bond donors (Lipinski definition) is 1. The molecule has 0 unspecified atom stereocenters. The third-order valence-electron chi connectivity index (χ3n) is 5.28. The minimum atomic E-state index is -1.14. The van der Waals surface area contributed by atoms with Crippen LogP contribution in [0.5, 0.6) is 11.5 Å². The lowest BCUT2D eigenvalue weighted by molar-refractivity contribution is -0.384. The van der Waals surface area contributed by atoms with Crippen LogP contribution in [0.2, 0.25) is 0 Å². The van der Waals surface area contributed by atoms with Gasteiger partial charge in [-0.15, -0.1) is 11.6 Å². The fourth-order valence-corrected chi connectivity index (χ4v) is 3.99. The van der Waals surface area contributed by atoms with Gasteiger partial charge < -0.3 is 19.5 Å². The number of aliphatic carboxylic acids is 1. The lowest BCUT2D eigenvalue weighted by Gasteiger charge is -2.41. The molecule has 0 spiro atoms. The van der Waals surface area contributed by atoms with E-state index in [1.807, 2.05) is 0 Å². The van der Waals surface area contributed by atoms with Crippen LogP contribution in [-0.2, 0) is 4.79 Å². The number of benzene rings is 2. The van der Waals surface area contributed by atoms with Crippen molar-refractivity contribution in [2.75, 3.05) is 26.6 Å². The van der Waals surface area contributed by atoms with E-state index < -0.39 is 22.9 Å². The van der Waals surface area contributed by atoms with Gasteiger partial charge in [0, 0.05) is 30.1 Å². The number of alkyl halides is 1. The third-order valence-corrected chi connectivity index (χ3v) is 5.54. The number of ether oxygens (including phenoxy) is 2. The Balaban J connectivity index is 2.22. The molecule has 1 amide bonds. The molecule has 0 aromatic heterocycles. The van der Waals surface area contributed by atoms with Gasteiger partial charge in [0.25, 0.3) is 11.6 Å². The van der Waals surface area contributed by atoms with Crippen molar-refractivity contribution in [2.45, 2.75) is 18.4 Å². The number of amides is 1. The van der Waals surface area contributed by atoms with Crippen LogP contribution in [0, 0.1) is 10.1 Å². The van der Waals surface area contributed by atoms with Gasteiger partial charge in [0.2, 0.25) is 0 Å². The Morgan fingerprint density at radius 2 is 1.81 bits per heavy atom. The standard InChI is InChI=1S/C21H21ClN2O7/c1-30-16-10-14-15(11-17(16)31-2)20(25)23(9-3-8-22)19(18(14)21(26)27)12-4-6-13(7-5-12)24(28)29/h4-7,10-11,18-19H,3,8-9H2,1-2H3,(H,26,27)/t18-,19-/m1/s1. The number of nitro groups is 1. The van der Waals surface area contributed by atoms with Gasteiger partial charge in [-0.05, 0) is 29.7 Å². The second-order valence-electron chi connectivity index (χ2n) is 6.94. The van der Waals surface area contributed by atoms with Gasteiger partial charge in [0.15, 0.2) is 11.5 Å². The zero-order valence-electron chi connectivity index (χ0n) is 16.9. The van der Waals surface area contributed by atoms with Crippen molar-refractivity contribution in [3.8, 4) is 11.5 Å². The molecule has 1 aliphatic heterocycles. The number of hydrogen-bond acceptors (Lipinski definition) is 6. The van der Waals surface area contributed by atoms with Crippen molar-refractivity contribution in [3.05, 3.63) is 63.2 Å². The summed E-state index contributed by atoms with van der Waals surface area (Å²) in [4.78, 5) is 37.7. The molecule has 0 bridgehead atoms. The summed E-state index contributed by atoms with van der Waals surface area (Å²) in [5, 5.41) is 21.2. The summed E-state index contributed by atoms with van der Waals surface area (Å²) < 4.78 is 10.6. The number of halogens is 1. The Bertz CT molecular complexity index is 1010. The SMILES string of the molecule is COc1cc2c(cc1OC)[C@@H](C(=O)O)[C@@H](c1ccc([N+](=O)[O-])cc1)N(CCCCl)C2=O. The van der Waals surface area contributed by atoms with E-state index in [-0.39, 0.29) is 29.6 Å². The Hall–Kier alpha value is -3.33. The Morgan fingerprint density at radius 3 is 2.32 bits per heavy atom. The molecule has 0 radical (unpaired) electrons. The first-order valence-electron chi connectivity index (χ1n) is 9.44. The van der Waals surface area contributed by atoms with Gasteiger partial charge >= 0.3 is 5.97 Å². The van der Waals surface area contributed by atoms with Gasteiger partial charge in [-0.3, -0.25) is 19.7 Å². The summed E-state index contributed by atoms with van der Waals surface area (Å²) in [6.45, 7) is 0.224. The van der Waals surface area contributed by atoms with Gasteiger partial charge in [-0.2, -0.15) is 0 Å².